The van der Waals surface area contributed by atoms with Gasteiger partial charge in [-0.25, -0.2) is 4.57 Å². The maximum Gasteiger partial charge on any atom is 0.472 e. The molecule has 6 unspecified atom stereocenters. The lowest BCUT2D eigenvalue weighted by molar-refractivity contribution is -0.220. The second kappa shape index (κ2) is 35.6. The van der Waals surface area contributed by atoms with Crippen molar-refractivity contribution in [2.75, 3.05) is 13.2 Å². The summed E-state index contributed by atoms with van der Waals surface area (Å²) in [6, 6.07) is 0. The molecule has 0 aromatic carbocycles. The zero-order valence-electron chi connectivity index (χ0n) is 36.3. The van der Waals surface area contributed by atoms with Crippen LogP contribution in [0.5, 0.6) is 0 Å². The van der Waals surface area contributed by atoms with Crippen LogP contribution in [-0.2, 0) is 32.7 Å². The number of hydrogen-bond donors (Lipinski definition) is 6. The molecule has 0 heterocycles. The quantitative estimate of drug-likeness (QED) is 0.0150. The number of hydrogen-bond acceptors (Lipinski definition) is 12. The SMILES string of the molecule is CCCC/C=C/CCCCCCCC(=O)O[C@H](COC(=O)CCCCCCCCCCC/C=C/C/C=C/CCCCC)COP(=O)(O)OC1C(O)C(O)C(O)[C@@H](O)C1O. The minimum absolute atomic E-state index is 0.0852. The molecular weight excluding hydrogens is 779 g/mol. The van der Waals surface area contributed by atoms with Gasteiger partial charge in [0, 0.05) is 12.8 Å². The topological polar surface area (TPSA) is 210 Å². The van der Waals surface area contributed by atoms with Gasteiger partial charge in [0.25, 0.3) is 0 Å². The molecule has 1 aliphatic carbocycles. The number of esters is 2. The lowest BCUT2D eigenvalue weighted by Crippen LogP contribution is -2.64. The van der Waals surface area contributed by atoms with E-state index in [1.54, 1.807) is 0 Å². The van der Waals surface area contributed by atoms with E-state index in [-0.39, 0.29) is 12.8 Å². The van der Waals surface area contributed by atoms with Gasteiger partial charge >= 0.3 is 19.8 Å². The third-order valence-corrected chi connectivity index (χ3v) is 11.4. The lowest BCUT2D eigenvalue weighted by Gasteiger charge is -2.41. The van der Waals surface area contributed by atoms with Crippen molar-refractivity contribution in [3.8, 4) is 0 Å². The Hall–Kier alpha value is -1.93. The molecule has 13 nitrogen and oxygen atoms in total. The van der Waals surface area contributed by atoms with Gasteiger partial charge in [0.05, 0.1) is 6.61 Å². The molecule has 1 aliphatic rings. The van der Waals surface area contributed by atoms with Gasteiger partial charge in [-0.05, 0) is 64.2 Å². The van der Waals surface area contributed by atoms with Crippen molar-refractivity contribution in [1.29, 1.82) is 0 Å². The molecule has 59 heavy (non-hydrogen) atoms. The van der Waals surface area contributed by atoms with Crippen LogP contribution in [0, 0.1) is 0 Å². The van der Waals surface area contributed by atoms with E-state index in [1.165, 1.54) is 64.2 Å². The van der Waals surface area contributed by atoms with Gasteiger partial charge in [0.2, 0.25) is 0 Å². The van der Waals surface area contributed by atoms with Crippen molar-refractivity contribution in [2.24, 2.45) is 0 Å². The Balaban J connectivity index is 2.43. The average Bonchev–Trinajstić information content (AvgIpc) is 3.21. The number of phosphoric acid groups is 1. The second-order valence-electron chi connectivity index (χ2n) is 15.9. The number of phosphoric ester groups is 1. The number of allylic oxidation sites excluding steroid dienone is 6. The van der Waals surface area contributed by atoms with E-state index >= 15 is 0 Å². The van der Waals surface area contributed by atoms with Crippen LogP contribution in [0.4, 0.5) is 0 Å². The van der Waals surface area contributed by atoms with Crippen LogP contribution in [-0.4, -0.2) is 98.3 Å². The van der Waals surface area contributed by atoms with Gasteiger partial charge in [-0.15, -0.1) is 0 Å². The number of ether oxygens (including phenoxy) is 2. The fourth-order valence-electron chi connectivity index (χ4n) is 6.71. The minimum Gasteiger partial charge on any atom is -0.462 e. The predicted octanol–water partition coefficient (Wildman–Crippen LogP) is 8.61. The smallest absolute Gasteiger partial charge is 0.462 e. The molecule has 1 rings (SSSR count). The summed E-state index contributed by atoms with van der Waals surface area (Å²) in [5.41, 5.74) is 0. The maximum absolute atomic E-state index is 12.8. The van der Waals surface area contributed by atoms with Crippen LogP contribution < -0.4 is 0 Å². The summed E-state index contributed by atoms with van der Waals surface area (Å²) in [6.45, 7) is 3.21. The molecule has 0 aromatic rings. The van der Waals surface area contributed by atoms with Gasteiger partial charge in [-0.3, -0.25) is 18.6 Å². The molecule has 14 heteroatoms. The van der Waals surface area contributed by atoms with E-state index in [1.807, 2.05) is 0 Å². The van der Waals surface area contributed by atoms with Crippen molar-refractivity contribution in [1.82, 2.24) is 0 Å². The summed E-state index contributed by atoms with van der Waals surface area (Å²) in [5.74, 6) is -1.12. The van der Waals surface area contributed by atoms with Crippen molar-refractivity contribution < 1.29 is 63.1 Å². The minimum atomic E-state index is -5.12. The van der Waals surface area contributed by atoms with E-state index in [9.17, 15) is 44.6 Å². The molecule has 0 spiro atoms. The number of aliphatic hydroxyl groups excluding tert-OH is 5. The number of unbranched alkanes of at least 4 members (excludes halogenated alkanes) is 19. The standard InChI is InChI=1S/C45H81O13P/c1-3-5-7-9-11-13-15-16-17-18-19-20-21-22-24-25-27-29-31-33-38(46)55-35-37(57-39(47)34-32-30-28-26-23-14-12-10-8-6-4-2)36-56-59(53,54)58-45-43(51)41(49)40(48)42(50)44(45)52/h10-13,16-17,37,40-45,48-52H,3-9,14-15,18-36H2,1-2H3,(H,53,54)/b12-10+,13-11+,17-16+/t37-,40?,41-,42?,43?,44?,45?/m1/s1. The van der Waals surface area contributed by atoms with Crippen molar-refractivity contribution >= 4 is 19.8 Å². The predicted molar refractivity (Wildman–Crippen MR) is 230 cm³/mol. The first-order valence-electron chi connectivity index (χ1n) is 22.8. The summed E-state index contributed by atoms with van der Waals surface area (Å²) in [5, 5.41) is 50.1. The maximum atomic E-state index is 12.8. The number of aliphatic hydroxyl groups is 5. The molecule has 8 atom stereocenters. The van der Waals surface area contributed by atoms with Crippen molar-refractivity contribution in [3.05, 3.63) is 36.5 Å². The first-order valence-corrected chi connectivity index (χ1v) is 24.3. The lowest BCUT2D eigenvalue weighted by atomic mass is 9.85. The highest BCUT2D eigenvalue weighted by molar-refractivity contribution is 7.47. The Labute approximate surface area is 355 Å². The molecular formula is C45H81O13P. The van der Waals surface area contributed by atoms with Crippen molar-refractivity contribution in [3.63, 3.8) is 0 Å². The van der Waals surface area contributed by atoms with Gasteiger partial charge in [-0.1, -0.05) is 140 Å². The second-order valence-corrected chi connectivity index (χ2v) is 17.3. The molecule has 6 N–H and O–H groups in total. The van der Waals surface area contributed by atoms with Crippen LogP contribution in [0.2, 0.25) is 0 Å². The summed E-state index contributed by atoms with van der Waals surface area (Å²) in [7, 11) is -5.12. The highest BCUT2D eigenvalue weighted by atomic mass is 31.2. The van der Waals surface area contributed by atoms with Crippen LogP contribution >= 0.6 is 7.82 Å². The van der Waals surface area contributed by atoms with E-state index in [0.29, 0.717) is 12.8 Å². The Morgan fingerprint density at radius 3 is 1.44 bits per heavy atom. The Kier molecular flexibility index (Phi) is 33.3. The van der Waals surface area contributed by atoms with Crippen LogP contribution in [0.15, 0.2) is 36.5 Å². The molecule has 0 amide bonds. The highest BCUT2D eigenvalue weighted by Gasteiger charge is 2.51. The van der Waals surface area contributed by atoms with E-state index in [0.717, 1.165) is 77.0 Å². The third kappa shape index (κ3) is 28.3. The Morgan fingerprint density at radius 1 is 0.525 bits per heavy atom. The van der Waals surface area contributed by atoms with E-state index < -0.39 is 75.7 Å². The zero-order chi connectivity index (χ0) is 43.6. The van der Waals surface area contributed by atoms with Crippen LogP contribution in [0.25, 0.3) is 0 Å². The highest BCUT2D eigenvalue weighted by Crippen LogP contribution is 2.47. The monoisotopic (exact) mass is 861 g/mol. The largest absolute Gasteiger partial charge is 0.472 e. The summed E-state index contributed by atoms with van der Waals surface area (Å²) < 4.78 is 33.5. The molecule has 0 aliphatic heterocycles. The molecule has 344 valence electrons. The third-order valence-electron chi connectivity index (χ3n) is 10.5. The number of rotatable bonds is 37. The molecule has 0 aromatic heterocycles. The van der Waals surface area contributed by atoms with Gasteiger partial charge in [0.15, 0.2) is 6.10 Å². The Bertz CT molecular complexity index is 1180. The molecule has 0 saturated heterocycles. The van der Waals surface area contributed by atoms with Crippen LogP contribution in [0.1, 0.15) is 181 Å². The summed E-state index contributed by atoms with van der Waals surface area (Å²) in [4.78, 5) is 35.6. The fraction of sp³-hybridized carbons (Fsp3) is 0.822. The molecule has 0 bridgehead atoms. The van der Waals surface area contributed by atoms with Gasteiger partial charge in [-0.2, -0.15) is 0 Å². The summed E-state index contributed by atoms with van der Waals surface area (Å²) >= 11 is 0. The molecule has 0 radical (unpaired) electrons. The van der Waals surface area contributed by atoms with Crippen molar-refractivity contribution in [2.45, 2.75) is 224 Å². The first kappa shape index (κ1) is 55.1. The zero-order valence-corrected chi connectivity index (χ0v) is 37.2. The first-order chi connectivity index (χ1) is 28.4. The average molecular weight is 861 g/mol. The summed E-state index contributed by atoms with van der Waals surface area (Å²) in [6.07, 6.45) is 26.4. The fourth-order valence-corrected chi connectivity index (χ4v) is 7.68. The molecule has 1 saturated carbocycles. The number of carbonyl (C=O) groups is 2. The normalized spacial score (nSPS) is 22.6. The van der Waals surface area contributed by atoms with E-state index in [2.05, 4.69) is 50.3 Å². The van der Waals surface area contributed by atoms with Gasteiger partial charge < -0.3 is 39.9 Å². The Morgan fingerprint density at radius 2 is 0.932 bits per heavy atom. The number of carbonyl (C=O) groups excluding carboxylic acids is 2. The molecule has 1 fully saturated rings. The van der Waals surface area contributed by atoms with Crippen LogP contribution in [0.3, 0.4) is 0 Å². The van der Waals surface area contributed by atoms with Gasteiger partial charge in [0.1, 0.15) is 43.2 Å². The van der Waals surface area contributed by atoms with E-state index in [4.69, 9.17) is 18.5 Å².